The van der Waals surface area contributed by atoms with Crippen LogP contribution in [0.1, 0.15) is 0 Å². The molecule has 0 aliphatic rings. The molecule has 0 saturated carbocycles. The van der Waals surface area contributed by atoms with Gasteiger partial charge in [-0.3, -0.25) is 0 Å². The maximum atomic E-state index is 2.43. The Morgan fingerprint density at radius 2 is 0.770 bits per heavy atom. The van der Waals surface area contributed by atoms with Gasteiger partial charge in [0.05, 0.1) is 5.69 Å². The van der Waals surface area contributed by atoms with Gasteiger partial charge in [-0.15, -0.1) is 0 Å². The summed E-state index contributed by atoms with van der Waals surface area (Å²) in [4.78, 5) is 2.43. The summed E-state index contributed by atoms with van der Waals surface area (Å²) < 4.78 is 0. The molecular weight excluding hydrogens is 735 g/mol. The average Bonchev–Trinajstić information content (AvgIpc) is 3.34. The number of benzene rings is 11. The van der Waals surface area contributed by atoms with E-state index >= 15 is 0 Å². The van der Waals surface area contributed by atoms with Crippen molar-refractivity contribution in [2.75, 3.05) is 4.90 Å². The topological polar surface area (TPSA) is 3.24 Å². The number of nitrogens with zero attached hydrogens (tertiary/aromatic N) is 1. The SMILES string of the molecule is c1ccc(-c2ccc(-c3ccccc3N(c3ccc(-c4ccc5ccccc5c4-c4ccccc4)cc3)c3cccc(-c4cc5ccccc5c5ccccc45)c3)cc2)cc1. The maximum absolute atomic E-state index is 2.43. The first-order chi connectivity index (χ1) is 30.3. The van der Waals surface area contributed by atoms with Crippen LogP contribution in [0.3, 0.4) is 0 Å². The number of hydrogen-bond acceptors (Lipinski definition) is 1. The zero-order valence-corrected chi connectivity index (χ0v) is 33.6. The predicted molar refractivity (Wildman–Crippen MR) is 261 cm³/mol. The van der Waals surface area contributed by atoms with Crippen molar-refractivity contribution < 1.29 is 0 Å². The predicted octanol–water partition coefficient (Wildman–Crippen LogP) is 17.0. The van der Waals surface area contributed by atoms with E-state index in [1.54, 1.807) is 0 Å². The molecule has 11 aromatic rings. The van der Waals surface area contributed by atoms with Crippen molar-refractivity contribution >= 4 is 49.4 Å². The fraction of sp³-hybridized carbons (Fsp3) is 0. The van der Waals surface area contributed by atoms with Gasteiger partial charge in [0.25, 0.3) is 0 Å². The lowest BCUT2D eigenvalue weighted by Gasteiger charge is -2.29. The summed E-state index contributed by atoms with van der Waals surface area (Å²) in [6, 6.07) is 90.5. The molecule has 0 aliphatic heterocycles. The zero-order valence-electron chi connectivity index (χ0n) is 33.6. The van der Waals surface area contributed by atoms with E-state index in [0.717, 1.165) is 28.2 Å². The van der Waals surface area contributed by atoms with Crippen LogP contribution in [-0.2, 0) is 0 Å². The van der Waals surface area contributed by atoms with Gasteiger partial charge in [-0.05, 0) is 119 Å². The van der Waals surface area contributed by atoms with E-state index in [2.05, 4.69) is 254 Å². The molecule has 11 rings (SSSR count). The third-order valence-electron chi connectivity index (χ3n) is 12.1. The van der Waals surface area contributed by atoms with Gasteiger partial charge >= 0.3 is 0 Å². The highest BCUT2D eigenvalue weighted by atomic mass is 15.1. The molecule has 0 saturated heterocycles. The van der Waals surface area contributed by atoms with Crippen LogP contribution in [-0.4, -0.2) is 0 Å². The van der Waals surface area contributed by atoms with Crippen molar-refractivity contribution in [2.45, 2.75) is 0 Å². The summed E-state index contributed by atoms with van der Waals surface area (Å²) >= 11 is 0. The van der Waals surface area contributed by atoms with Crippen molar-refractivity contribution in [2.24, 2.45) is 0 Å². The summed E-state index contributed by atoms with van der Waals surface area (Å²) in [7, 11) is 0. The zero-order chi connectivity index (χ0) is 40.5. The fourth-order valence-electron chi connectivity index (χ4n) is 9.14. The number of fused-ring (bicyclic) bond motifs is 4. The lowest BCUT2D eigenvalue weighted by molar-refractivity contribution is 1.28. The van der Waals surface area contributed by atoms with Crippen LogP contribution in [0, 0.1) is 0 Å². The largest absolute Gasteiger partial charge is 0.310 e. The first-order valence-corrected chi connectivity index (χ1v) is 21.0. The quantitative estimate of drug-likeness (QED) is 0.139. The van der Waals surface area contributed by atoms with Crippen molar-refractivity contribution in [3.63, 3.8) is 0 Å². The Morgan fingerprint density at radius 3 is 1.54 bits per heavy atom. The molecule has 0 bridgehead atoms. The molecule has 286 valence electrons. The molecule has 1 heteroatoms. The highest BCUT2D eigenvalue weighted by Crippen LogP contribution is 2.45. The van der Waals surface area contributed by atoms with Crippen molar-refractivity contribution in [1.82, 2.24) is 0 Å². The van der Waals surface area contributed by atoms with Crippen LogP contribution in [0.5, 0.6) is 0 Å². The lowest BCUT2D eigenvalue weighted by atomic mass is 9.89. The summed E-state index contributed by atoms with van der Waals surface area (Å²) in [5.41, 5.74) is 15.3. The fourth-order valence-corrected chi connectivity index (χ4v) is 9.14. The Balaban J connectivity index is 1.08. The second-order valence-electron chi connectivity index (χ2n) is 15.7. The van der Waals surface area contributed by atoms with E-state index in [1.165, 1.54) is 76.8 Å². The highest BCUT2D eigenvalue weighted by molar-refractivity contribution is 6.14. The number of anilines is 3. The Kier molecular flexibility index (Phi) is 9.26. The monoisotopic (exact) mass is 775 g/mol. The standard InChI is InChI=1S/C60H41N/c1-3-16-42(17-4-1)43-30-32-45(33-31-43)53-25-13-14-29-59(53)61(51-23-15-22-48(40-51)58-41-49-21-8-9-24-52(49)56-27-11-12-28-57(56)58)50-37-34-46(35-38-50)55-39-36-44-18-7-10-26-54(44)60(55)47-19-5-2-6-20-47/h1-41H. The number of rotatable bonds is 8. The van der Waals surface area contributed by atoms with Gasteiger partial charge in [-0.25, -0.2) is 0 Å². The molecular formula is C60H41N. The van der Waals surface area contributed by atoms with Gasteiger partial charge in [0.1, 0.15) is 0 Å². The second-order valence-corrected chi connectivity index (χ2v) is 15.7. The van der Waals surface area contributed by atoms with E-state index in [9.17, 15) is 0 Å². The average molecular weight is 776 g/mol. The van der Waals surface area contributed by atoms with E-state index in [4.69, 9.17) is 0 Å². The summed E-state index contributed by atoms with van der Waals surface area (Å²) in [5, 5.41) is 7.51. The van der Waals surface area contributed by atoms with Crippen molar-refractivity contribution in [3.05, 3.63) is 249 Å². The smallest absolute Gasteiger partial charge is 0.0540 e. The Bertz CT molecular complexity index is 3330. The molecule has 0 radical (unpaired) electrons. The molecule has 0 unspecified atom stereocenters. The van der Waals surface area contributed by atoms with Gasteiger partial charge < -0.3 is 4.90 Å². The molecule has 0 atom stereocenters. The third-order valence-corrected chi connectivity index (χ3v) is 12.1. The van der Waals surface area contributed by atoms with Gasteiger partial charge in [0.15, 0.2) is 0 Å². The van der Waals surface area contributed by atoms with Crippen LogP contribution < -0.4 is 4.90 Å². The van der Waals surface area contributed by atoms with Crippen LogP contribution in [0.2, 0.25) is 0 Å². The molecule has 61 heavy (non-hydrogen) atoms. The minimum Gasteiger partial charge on any atom is -0.310 e. The Hall–Kier alpha value is -8.00. The van der Waals surface area contributed by atoms with Crippen LogP contribution in [0.4, 0.5) is 17.1 Å². The Labute approximate surface area is 357 Å². The molecule has 0 spiro atoms. The summed E-state index contributed by atoms with van der Waals surface area (Å²) in [5.74, 6) is 0. The van der Waals surface area contributed by atoms with E-state index < -0.39 is 0 Å². The van der Waals surface area contributed by atoms with Gasteiger partial charge in [-0.1, -0.05) is 212 Å². The first-order valence-electron chi connectivity index (χ1n) is 21.0. The molecule has 0 N–H and O–H groups in total. The first kappa shape index (κ1) is 36.1. The normalized spacial score (nSPS) is 11.3. The van der Waals surface area contributed by atoms with E-state index in [0.29, 0.717) is 0 Å². The molecule has 0 heterocycles. The maximum Gasteiger partial charge on any atom is 0.0540 e. The van der Waals surface area contributed by atoms with Crippen molar-refractivity contribution in [1.29, 1.82) is 0 Å². The van der Waals surface area contributed by atoms with E-state index in [1.807, 2.05) is 0 Å². The minimum atomic E-state index is 1.08. The van der Waals surface area contributed by atoms with Gasteiger partial charge in [0.2, 0.25) is 0 Å². The Morgan fingerprint density at radius 1 is 0.230 bits per heavy atom. The number of para-hydroxylation sites is 1. The van der Waals surface area contributed by atoms with Crippen LogP contribution >= 0.6 is 0 Å². The summed E-state index contributed by atoms with van der Waals surface area (Å²) in [6.07, 6.45) is 0. The van der Waals surface area contributed by atoms with Gasteiger partial charge in [0, 0.05) is 16.9 Å². The highest BCUT2D eigenvalue weighted by Gasteiger charge is 2.20. The molecule has 0 amide bonds. The molecule has 11 aromatic carbocycles. The van der Waals surface area contributed by atoms with E-state index in [-0.39, 0.29) is 0 Å². The molecule has 1 nitrogen and oxygen atoms in total. The molecule has 0 fully saturated rings. The van der Waals surface area contributed by atoms with Gasteiger partial charge in [-0.2, -0.15) is 0 Å². The number of hydrogen-bond donors (Lipinski definition) is 0. The van der Waals surface area contributed by atoms with Crippen molar-refractivity contribution in [3.8, 4) is 55.6 Å². The molecule has 0 aromatic heterocycles. The third kappa shape index (κ3) is 6.73. The van der Waals surface area contributed by atoms with Crippen LogP contribution in [0.25, 0.3) is 88.0 Å². The molecule has 0 aliphatic carbocycles. The second kappa shape index (κ2) is 15.6. The minimum absolute atomic E-state index is 1.08. The van der Waals surface area contributed by atoms with Crippen LogP contribution in [0.15, 0.2) is 249 Å². The lowest BCUT2D eigenvalue weighted by Crippen LogP contribution is -2.11. The summed E-state index contributed by atoms with van der Waals surface area (Å²) in [6.45, 7) is 0.